The highest BCUT2D eigenvalue weighted by Gasteiger charge is 2.22. The zero-order chi connectivity index (χ0) is 16.9. The van der Waals surface area contributed by atoms with Crippen molar-refractivity contribution in [3.8, 4) is 5.88 Å². The highest BCUT2D eigenvalue weighted by atomic mass is 16.5. The molecule has 1 aliphatic heterocycles. The lowest BCUT2D eigenvalue weighted by Gasteiger charge is -2.32. The summed E-state index contributed by atoms with van der Waals surface area (Å²) in [5.41, 5.74) is 0.338. The highest BCUT2D eigenvalue weighted by molar-refractivity contribution is 5.92. The third-order valence-electron chi connectivity index (χ3n) is 4.29. The Kier molecular flexibility index (Phi) is 4.93. The molecular weight excluding hydrogens is 310 g/mol. The van der Waals surface area contributed by atoms with Crippen LogP contribution >= 0.6 is 0 Å². The summed E-state index contributed by atoms with van der Waals surface area (Å²) in [6.07, 6.45) is 5.43. The number of carbonyl (C=O) groups is 1. The predicted octanol–water partition coefficient (Wildman–Crippen LogP) is 1.38. The van der Waals surface area contributed by atoms with Crippen molar-refractivity contribution in [2.24, 2.45) is 5.92 Å². The average molecular weight is 331 g/mol. The van der Waals surface area contributed by atoms with Gasteiger partial charge in [-0.2, -0.15) is 10.1 Å². The molecule has 8 nitrogen and oxygen atoms in total. The van der Waals surface area contributed by atoms with E-state index in [1.165, 1.54) is 14.2 Å². The van der Waals surface area contributed by atoms with E-state index < -0.39 is 5.97 Å². The first-order valence-corrected chi connectivity index (χ1v) is 7.92. The van der Waals surface area contributed by atoms with Crippen molar-refractivity contribution in [3.05, 3.63) is 30.4 Å². The van der Waals surface area contributed by atoms with Gasteiger partial charge in [0.05, 0.1) is 14.2 Å². The van der Waals surface area contributed by atoms with Crippen LogP contribution in [0.1, 0.15) is 23.2 Å². The summed E-state index contributed by atoms with van der Waals surface area (Å²) in [4.78, 5) is 22.4. The lowest BCUT2D eigenvalue weighted by atomic mass is 9.97. The first kappa shape index (κ1) is 16.2. The lowest BCUT2D eigenvalue weighted by molar-refractivity contribution is 0.0596. The molecule has 0 bridgehead atoms. The molecule has 2 aromatic rings. The minimum atomic E-state index is -0.447. The van der Waals surface area contributed by atoms with Gasteiger partial charge in [0, 0.05) is 19.6 Å². The van der Waals surface area contributed by atoms with Gasteiger partial charge >= 0.3 is 5.97 Å². The smallest absolute Gasteiger partial charge is 0.343 e. The average Bonchev–Trinajstić information content (AvgIpc) is 3.14. The number of methoxy groups -OCH3 is 2. The van der Waals surface area contributed by atoms with Crippen LogP contribution in [0.4, 0.5) is 5.82 Å². The van der Waals surface area contributed by atoms with E-state index in [9.17, 15) is 4.79 Å². The van der Waals surface area contributed by atoms with Gasteiger partial charge in [-0.3, -0.25) is 4.68 Å². The van der Waals surface area contributed by atoms with Gasteiger partial charge in [-0.1, -0.05) is 0 Å². The van der Waals surface area contributed by atoms with E-state index in [-0.39, 0.29) is 0 Å². The largest absolute Gasteiger partial charge is 0.480 e. The van der Waals surface area contributed by atoms with E-state index in [2.05, 4.69) is 20.0 Å². The van der Waals surface area contributed by atoms with E-state index in [0.717, 1.165) is 38.3 Å². The number of hydrogen-bond acceptors (Lipinski definition) is 7. The van der Waals surface area contributed by atoms with Crippen LogP contribution < -0.4 is 9.64 Å². The second-order valence-electron chi connectivity index (χ2n) is 5.77. The second-order valence-corrected chi connectivity index (χ2v) is 5.77. The van der Waals surface area contributed by atoms with E-state index in [1.807, 2.05) is 10.7 Å². The van der Waals surface area contributed by atoms with Crippen LogP contribution in [-0.4, -0.2) is 53.0 Å². The Morgan fingerprint density at radius 2 is 2.08 bits per heavy atom. The van der Waals surface area contributed by atoms with E-state index in [0.29, 0.717) is 17.4 Å². The normalized spacial score (nSPS) is 15.3. The zero-order valence-electron chi connectivity index (χ0n) is 13.9. The molecule has 0 atom stereocenters. The number of ether oxygens (including phenoxy) is 2. The molecule has 1 fully saturated rings. The van der Waals surface area contributed by atoms with Gasteiger partial charge in [0.25, 0.3) is 0 Å². The van der Waals surface area contributed by atoms with Crippen LogP contribution in [0.5, 0.6) is 5.88 Å². The van der Waals surface area contributed by atoms with Gasteiger partial charge in [-0.25, -0.2) is 9.78 Å². The van der Waals surface area contributed by atoms with Gasteiger partial charge in [0.15, 0.2) is 0 Å². The summed E-state index contributed by atoms with van der Waals surface area (Å²) in [5, 5.41) is 4.16. The van der Waals surface area contributed by atoms with Gasteiger partial charge in [0.1, 0.15) is 24.0 Å². The zero-order valence-corrected chi connectivity index (χ0v) is 13.9. The summed E-state index contributed by atoms with van der Waals surface area (Å²) < 4.78 is 11.9. The Morgan fingerprint density at radius 1 is 1.29 bits per heavy atom. The molecule has 3 rings (SSSR count). The second kappa shape index (κ2) is 7.29. The first-order valence-electron chi connectivity index (χ1n) is 7.92. The molecule has 0 radical (unpaired) electrons. The fraction of sp³-hybridized carbons (Fsp3) is 0.500. The molecule has 0 N–H and O–H groups in total. The van der Waals surface area contributed by atoms with Crippen molar-refractivity contribution in [1.82, 2.24) is 19.7 Å². The van der Waals surface area contributed by atoms with Crippen molar-refractivity contribution >= 4 is 11.8 Å². The van der Waals surface area contributed by atoms with Crippen LogP contribution in [0, 0.1) is 5.92 Å². The standard InChI is InChI=1S/C16H21N5O3/c1-23-15-13(16(22)24-2)3-4-14(19-15)20-7-5-12(6-8-20)9-21-11-17-10-18-21/h3-4,10-12H,5-9H2,1-2H3. The molecule has 1 saturated heterocycles. The Balaban J connectivity index is 1.64. The highest BCUT2D eigenvalue weighted by Crippen LogP contribution is 2.26. The number of nitrogens with zero attached hydrogens (tertiary/aromatic N) is 5. The van der Waals surface area contributed by atoms with Crippen molar-refractivity contribution in [2.75, 3.05) is 32.2 Å². The van der Waals surface area contributed by atoms with Gasteiger partial charge < -0.3 is 14.4 Å². The number of esters is 1. The topological polar surface area (TPSA) is 82.4 Å². The number of anilines is 1. The summed E-state index contributed by atoms with van der Waals surface area (Å²) in [6.45, 7) is 2.71. The molecule has 1 aliphatic rings. The molecular formula is C16H21N5O3. The Morgan fingerprint density at radius 3 is 2.71 bits per heavy atom. The maximum atomic E-state index is 11.7. The fourth-order valence-electron chi connectivity index (χ4n) is 2.96. The molecule has 0 unspecified atom stereocenters. The molecule has 0 spiro atoms. The van der Waals surface area contributed by atoms with Gasteiger partial charge in [-0.15, -0.1) is 0 Å². The van der Waals surface area contributed by atoms with Crippen molar-refractivity contribution in [1.29, 1.82) is 0 Å². The Labute approximate surface area is 140 Å². The summed E-state index contributed by atoms with van der Waals surface area (Å²) >= 11 is 0. The molecule has 24 heavy (non-hydrogen) atoms. The number of pyridine rings is 1. The van der Waals surface area contributed by atoms with Crippen LogP contribution in [-0.2, 0) is 11.3 Å². The molecule has 128 valence electrons. The minimum absolute atomic E-state index is 0.295. The third-order valence-corrected chi connectivity index (χ3v) is 4.29. The molecule has 0 amide bonds. The Hall–Kier alpha value is -2.64. The van der Waals surface area contributed by atoms with Gasteiger partial charge in [0.2, 0.25) is 5.88 Å². The fourth-order valence-corrected chi connectivity index (χ4v) is 2.96. The summed E-state index contributed by atoms with van der Waals surface area (Å²) in [7, 11) is 2.85. The van der Waals surface area contributed by atoms with Crippen molar-refractivity contribution in [2.45, 2.75) is 19.4 Å². The van der Waals surface area contributed by atoms with Crippen LogP contribution in [0.3, 0.4) is 0 Å². The van der Waals surface area contributed by atoms with Crippen molar-refractivity contribution < 1.29 is 14.3 Å². The first-order chi connectivity index (χ1) is 11.7. The molecule has 8 heteroatoms. The predicted molar refractivity (Wildman–Crippen MR) is 87.1 cm³/mol. The third kappa shape index (κ3) is 3.47. The van der Waals surface area contributed by atoms with Crippen LogP contribution in [0.15, 0.2) is 24.8 Å². The Bertz CT molecular complexity index is 681. The number of aromatic nitrogens is 4. The summed E-state index contributed by atoms with van der Waals surface area (Å²) in [6, 6.07) is 3.54. The van der Waals surface area contributed by atoms with E-state index in [4.69, 9.17) is 9.47 Å². The van der Waals surface area contributed by atoms with E-state index >= 15 is 0 Å². The molecule has 0 saturated carbocycles. The monoisotopic (exact) mass is 331 g/mol. The maximum absolute atomic E-state index is 11.7. The molecule has 3 heterocycles. The van der Waals surface area contributed by atoms with E-state index in [1.54, 1.807) is 18.7 Å². The van der Waals surface area contributed by atoms with Crippen molar-refractivity contribution in [3.63, 3.8) is 0 Å². The molecule has 0 aromatic carbocycles. The molecule has 2 aromatic heterocycles. The lowest BCUT2D eigenvalue weighted by Crippen LogP contribution is -2.35. The maximum Gasteiger partial charge on any atom is 0.343 e. The number of hydrogen-bond donors (Lipinski definition) is 0. The number of carbonyl (C=O) groups excluding carboxylic acids is 1. The number of rotatable bonds is 5. The van der Waals surface area contributed by atoms with Gasteiger partial charge in [-0.05, 0) is 30.9 Å². The molecule has 0 aliphatic carbocycles. The quantitative estimate of drug-likeness (QED) is 0.766. The van der Waals surface area contributed by atoms with Crippen LogP contribution in [0.2, 0.25) is 0 Å². The van der Waals surface area contributed by atoms with Crippen LogP contribution in [0.25, 0.3) is 0 Å². The minimum Gasteiger partial charge on any atom is -0.480 e. The number of piperidine rings is 1. The SMILES string of the molecule is COC(=O)c1ccc(N2CCC(Cn3cncn3)CC2)nc1OC. The summed E-state index contributed by atoms with van der Waals surface area (Å²) in [5.74, 6) is 1.25.